The summed E-state index contributed by atoms with van der Waals surface area (Å²) in [4.78, 5) is 26.5. The Morgan fingerprint density at radius 2 is 1.74 bits per heavy atom. The van der Waals surface area contributed by atoms with Gasteiger partial charge < -0.3 is 10.2 Å². The summed E-state index contributed by atoms with van der Waals surface area (Å²) in [5.41, 5.74) is 1.34. The number of hydrogen-bond donors (Lipinski definition) is 1. The SMILES string of the molecule is CC(C)=CC1C(C(=O)NC2CCN(C(=O)C(C)C)CC2)C1(C)C. The average Bonchev–Trinajstić information content (AvgIpc) is 2.99. The number of allylic oxidation sites excluding steroid dienone is 2. The largest absolute Gasteiger partial charge is 0.353 e. The zero-order chi connectivity index (χ0) is 17.4. The fraction of sp³-hybridized carbons (Fsp3) is 0.789. The molecular formula is C19H32N2O2. The van der Waals surface area contributed by atoms with Gasteiger partial charge >= 0.3 is 0 Å². The zero-order valence-electron chi connectivity index (χ0n) is 15.5. The van der Waals surface area contributed by atoms with Gasteiger partial charge in [0.15, 0.2) is 0 Å². The predicted octanol–water partition coefficient (Wildman–Crippen LogP) is 2.99. The monoisotopic (exact) mass is 320 g/mol. The van der Waals surface area contributed by atoms with Gasteiger partial charge in [-0.05, 0) is 38.0 Å². The summed E-state index contributed by atoms with van der Waals surface area (Å²) >= 11 is 0. The highest BCUT2D eigenvalue weighted by molar-refractivity contribution is 5.84. The van der Waals surface area contributed by atoms with Crippen LogP contribution in [0.1, 0.15) is 54.4 Å². The summed E-state index contributed by atoms with van der Waals surface area (Å²) in [5.74, 6) is 0.911. The number of carbonyl (C=O) groups excluding carboxylic acids is 2. The van der Waals surface area contributed by atoms with E-state index in [9.17, 15) is 9.59 Å². The summed E-state index contributed by atoms with van der Waals surface area (Å²) in [5, 5.41) is 3.22. The van der Waals surface area contributed by atoms with Crippen LogP contribution in [0.25, 0.3) is 0 Å². The van der Waals surface area contributed by atoms with Crippen LogP contribution in [0.2, 0.25) is 0 Å². The van der Waals surface area contributed by atoms with Crippen LogP contribution < -0.4 is 5.32 Å². The van der Waals surface area contributed by atoms with Crippen molar-refractivity contribution in [2.24, 2.45) is 23.2 Å². The van der Waals surface area contributed by atoms with Crippen molar-refractivity contribution in [1.82, 2.24) is 10.2 Å². The van der Waals surface area contributed by atoms with E-state index >= 15 is 0 Å². The molecule has 2 unspecified atom stereocenters. The van der Waals surface area contributed by atoms with Crippen molar-refractivity contribution in [2.75, 3.05) is 13.1 Å². The quantitative estimate of drug-likeness (QED) is 0.810. The van der Waals surface area contributed by atoms with Crippen LogP contribution in [0, 0.1) is 23.2 Å². The molecule has 1 aliphatic heterocycles. The Balaban J connectivity index is 1.84. The molecule has 23 heavy (non-hydrogen) atoms. The number of likely N-dealkylation sites (tertiary alicyclic amines) is 1. The smallest absolute Gasteiger partial charge is 0.225 e. The minimum Gasteiger partial charge on any atom is -0.353 e. The topological polar surface area (TPSA) is 49.4 Å². The third kappa shape index (κ3) is 3.96. The molecular weight excluding hydrogens is 288 g/mol. The first kappa shape index (κ1) is 18.0. The first-order valence-corrected chi connectivity index (χ1v) is 8.88. The Hall–Kier alpha value is -1.32. The van der Waals surface area contributed by atoms with Gasteiger partial charge in [0, 0.05) is 25.0 Å². The van der Waals surface area contributed by atoms with Crippen LogP contribution in [0.4, 0.5) is 0 Å². The van der Waals surface area contributed by atoms with Gasteiger partial charge in [0.25, 0.3) is 0 Å². The van der Waals surface area contributed by atoms with Crippen LogP contribution in [0.5, 0.6) is 0 Å². The average molecular weight is 320 g/mol. The van der Waals surface area contributed by atoms with Gasteiger partial charge in [0.1, 0.15) is 0 Å². The molecule has 0 bridgehead atoms. The summed E-state index contributed by atoms with van der Waals surface area (Å²) in [6, 6.07) is 0.211. The van der Waals surface area contributed by atoms with E-state index in [1.54, 1.807) is 0 Å². The first-order valence-electron chi connectivity index (χ1n) is 8.88. The minimum absolute atomic E-state index is 0.0539. The van der Waals surface area contributed by atoms with Gasteiger partial charge in [0.05, 0.1) is 5.92 Å². The van der Waals surface area contributed by atoms with E-state index in [0.29, 0.717) is 5.92 Å². The Morgan fingerprint density at radius 3 is 2.22 bits per heavy atom. The van der Waals surface area contributed by atoms with E-state index in [1.807, 2.05) is 18.7 Å². The lowest BCUT2D eigenvalue weighted by Gasteiger charge is -2.33. The molecule has 1 saturated carbocycles. The minimum atomic E-state index is 0.0539. The lowest BCUT2D eigenvalue weighted by molar-refractivity contribution is -0.135. The maximum Gasteiger partial charge on any atom is 0.225 e. The zero-order valence-corrected chi connectivity index (χ0v) is 15.5. The van der Waals surface area contributed by atoms with E-state index in [0.717, 1.165) is 25.9 Å². The van der Waals surface area contributed by atoms with Gasteiger partial charge in [-0.2, -0.15) is 0 Å². The molecule has 2 amide bonds. The molecule has 2 atom stereocenters. The standard InChI is InChI=1S/C19H32N2O2/c1-12(2)11-15-16(19(15,5)6)17(22)20-14-7-9-21(10-8-14)18(23)13(3)4/h11,13-16H,7-10H2,1-6H3,(H,20,22). The molecule has 4 nitrogen and oxygen atoms in total. The van der Waals surface area contributed by atoms with Crippen molar-refractivity contribution >= 4 is 11.8 Å². The molecule has 0 spiro atoms. The molecule has 130 valence electrons. The number of carbonyl (C=O) groups is 2. The second kappa shape index (κ2) is 6.66. The molecule has 2 rings (SSSR count). The lowest BCUT2D eigenvalue weighted by Crippen LogP contribution is -2.48. The summed E-state index contributed by atoms with van der Waals surface area (Å²) in [6.45, 7) is 13.9. The van der Waals surface area contributed by atoms with Crippen LogP contribution in [0.15, 0.2) is 11.6 Å². The van der Waals surface area contributed by atoms with Crippen molar-refractivity contribution in [3.8, 4) is 0 Å². The van der Waals surface area contributed by atoms with Gasteiger partial charge in [-0.15, -0.1) is 0 Å². The van der Waals surface area contributed by atoms with Crippen LogP contribution >= 0.6 is 0 Å². The number of hydrogen-bond acceptors (Lipinski definition) is 2. The fourth-order valence-corrected chi connectivity index (χ4v) is 3.75. The molecule has 0 aromatic carbocycles. The number of nitrogens with zero attached hydrogens (tertiary/aromatic N) is 1. The van der Waals surface area contributed by atoms with Crippen LogP contribution in [-0.4, -0.2) is 35.8 Å². The van der Waals surface area contributed by atoms with Gasteiger partial charge in [-0.3, -0.25) is 9.59 Å². The van der Waals surface area contributed by atoms with E-state index in [4.69, 9.17) is 0 Å². The highest BCUT2D eigenvalue weighted by atomic mass is 16.2. The van der Waals surface area contributed by atoms with Crippen LogP contribution in [0.3, 0.4) is 0 Å². The highest BCUT2D eigenvalue weighted by Gasteiger charge is 2.60. The Kier molecular flexibility index (Phi) is 5.22. The number of nitrogens with one attached hydrogen (secondary N) is 1. The predicted molar refractivity (Wildman–Crippen MR) is 92.8 cm³/mol. The molecule has 2 fully saturated rings. The lowest BCUT2D eigenvalue weighted by atomic mass is 10.0. The van der Waals surface area contributed by atoms with E-state index in [1.165, 1.54) is 5.57 Å². The van der Waals surface area contributed by atoms with E-state index in [-0.39, 0.29) is 35.1 Å². The second-order valence-electron chi connectivity index (χ2n) is 8.33. The summed E-state index contributed by atoms with van der Waals surface area (Å²) < 4.78 is 0. The number of amides is 2. The molecule has 0 aromatic rings. The molecule has 0 aromatic heterocycles. The second-order valence-corrected chi connectivity index (χ2v) is 8.33. The van der Waals surface area contributed by atoms with Crippen LogP contribution in [-0.2, 0) is 9.59 Å². The van der Waals surface area contributed by atoms with Crippen molar-refractivity contribution in [3.05, 3.63) is 11.6 Å². The van der Waals surface area contributed by atoms with E-state index in [2.05, 4.69) is 39.1 Å². The number of piperidine rings is 1. The van der Waals surface area contributed by atoms with Crippen molar-refractivity contribution in [1.29, 1.82) is 0 Å². The third-order valence-electron chi connectivity index (χ3n) is 5.35. The summed E-state index contributed by atoms with van der Waals surface area (Å²) in [7, 11) is 0. The fourth-order valence-electron chi connectivity index (χ4n) is 3.75. The molecule has 1 aliphatic carbocycles. The van der Waals surface area contributed by atoms with Crippen molar-refractivity contribution < 1.29 is 9.59 Å². The molecule has 1 N–H and O–H groups in total. The maximum absolute atomic E-state index is 12.6. The number of rotatable bonds is 4. The molecule has 1 saturated heterocycles. The Labute approximate surface area is 140 Å². The van der Waals surface area contributed by atoms with E-state index < -0.39 is 0 Å². The molecule has 0 radical (unpaired) electrons. The molecule has 2 aliphatic rings. The normalized spacial score (nSPS) is 26.8. The Bertz CT molecular complexity index is 495. The highest BCUT2D eigenvalue weighted by Crippen LogP contribution is 2.59. The van der Waals surface area contributed by atoms with Crippen molar-refractivity contribution in [2.45, 2.75) is 60.4 Å². The van der Waals surface area contributed by atoms with Gasteiger partial charge in [-0.1, -0.05) is 39.3 Å². The maximum atomic E-state index is 12.6. The Morgan fingerprint density at radius 1 is 1.17 bits per heavy atom. The van der Waals surface area contributed by atoms with Crippen molar-refractivity contribution in [3.63, 3.8) is 0 Å². The molecule has 1 heterocycles. The molecule has 4 heteroatoms. The first-order chi connectivity index (χ1) is 10.6. The summed E-state index contributed by atoms with van der Waals surface area (Å²) in [6.07, 6.45) is 3.96. The third-order valence-corrected chi connectivity index (χ3v) is 5.35. The van der Waals surface area contributed by atoms with Gasteiger partial charge in [-0.25, -0.2) is 0 Å². The van der Waals surface area contributed by atoms with Gasteiger partial charge in [0.2, 0.25) is 11.8 Å².